The Morgan fingerprint density at radius 2 is 2.17 bits per heavy atom. The maximum Gasteiger partial charge on any atom is 0.305 e. The molecule has 1 rings (SSSR count). The molecule has 1 saturated heterocycles. The summed E-state index contributed by atoms with van der Waals surface area (Å²) < 4.78 is 5.26. The minimum atomic E-state index is -0.912. The maximum absolute atomic E-state index is 12.4. The van der Waals surface area contributed by atoms with Crippen molar-refractivity contribution in [2.45, 2.75) is 38.8 Å². The van der Waals surface area contributed by atoms with Crippen molar-refractivity contribution in [2.24, 2.45) is 0 Å². The number of likely N-dealkylation sites (N-methyl/N-ethyl adjacent to an activating group) is 1. The SMILES string of the molecule is CCNC(C)(C)C(=O)N1CCOCC1CC(=O)O. The Bertz CT molecular complexity index is 317. The quantitative estimate of drug-likeness (QED) is 0.730. The fraction of sp³-hybridized carbons (Fsp3) is 0.833. The van der Waals surface area contributed by atoms with Crippen LogP contribution in [0.5, 0.6) is 0 Å². The molecule has 2 N–H and O–H groups in total. The molecular weight excluding hydrogens is 236 g/mol. The van der Waals surface area contributed by atoms with Crippen molar-refractivity contribution in [1.29, 1.82) is 0 Å². The van der Waals surface area contributed by atoms with Crippen molar-refractivity contribution >= 4 is 11.9 Å². The minimum Gasteiger partial charge on any atom is -0.481 e. The number of carbonyl (C=O) groups excluding carboxylic acids is 1. The van der Waals surface area contributed by atoms with Crippen molar-refractivity contribution in [2.75, 3.05) is 26.3 Å². The third-order valence-corrected chi connectivity index (χ3v) is 3.05. The Balaban J connectivity index is 2.76. The first-order valence-electron chi connectivity index (χ1n) is 6.24. The number of ether oxygens (including phenoxy) is 1. The number of carboxylic acid groups (broad SMARTS) is 1. The summed E-state index contributed by atoms with van der Waals surface area (Å²) >= 11 is 0. The molecule has 104 valence electrons. The molecule has 1 amide bonds. The molecule has 0 saturated carbocycles. The number of carbonyl (C=O) groups is 2. The summed E-state index contributed by atoms with van der Waals surface area (Å²) in [5.41, 5.74) is -0.678. The number of rotatable bonds is 5. The van der Waals surface area contributed by atoms with Crippen LogP contribution in [0.1, 0.15) is 27.2 Å². The summed E-state index contributed by atoms with van der Waals surface area (Å²) in [5, 5.41) is 12.0. The van der Waals surface area contributed by atoms with E-state index in [0.717, 1.165) is 0 Å². The van der Waals surface area contributed by atoms with Crippen molar-refractivity contribution in [3.63, 3.8) is 0 Å². The van der Waals surface area contributed by atoms with Crippen molar-refractivity contribution in [3.05, 3.63) is 0 Å². The van der Waals surface area contributed by atoms with E-state index in [2.05, 4.69) is 5.32 Å². The van der Waals surface area contributed by atoms with Crippen LogP contribution in [0.25, 0.3) is 0 Å². The third-order valence-electron chi connectivity index (χ3n) is 3.05. The lowest BCUT2D eigenvalue weighted by molar-refractivity contribution is -0.150. The van der Waals surface area contributed by atoms with Crippen LogP contribution in [0.15, 0.2) is 0 Å². The zero-order valence-electron chi connectivity index (χ0n) is 11.2. The standard InChI is InChI=1S/C12H22N2O4/c1-4-13-12(2,3)11(17)14-5-6-18-8-9(14)7-10(15)16/h9,13H,4-8H2,1-3H3,(H,15,16). The molecule has 18 heavy (non-hydrogen) atoms. The molecule has 0 spiro atoms. The van der Waals surface area contributed by atoms with Crippen molar-refractivity contribution in [1.82, 2.24) is 10.2 Å². The number of morpholine rings is 1. The average molecular weight is 258 g/mol. The van der Waals surface area contributed by atoms with E-state index in [1.165, 1.54) is 0 Å². The molecule has 6 heteroatoms. The highest BCUT2D eigenvalue weighted by molar-refractivity contribution is 5.86. The van der Waals surface area contributed by atoms with Gasteiger partial charge >= 0.3 is 5.97 Å². The second kappa shape index (κ2) is 6.15. The molecule has 1 fully saturated rings. The summed E-state index contributed by atoms with van der Waals surface area (Å²) in [6, 6.07) is -0.373. The number of carboxylic acids is 1. The number of aliphatic carboxylic acids is 1. The number of amides is 1. The summed E-state index contributed by atoms with van der Waals surface area (Å²) in [4.78, 5) is 24.8. The smallest absolute Gasteiger partial charge is 0.305 e. The van der Waals surface area contributed by atoms with Gasteiger partial charge in [0.1, 0.15) is 0 Å². The van der Waals surface area contributed by atoms with E-state index in [1.54, 1.807) is 4.90 Å². The van der Waals surface area contributed by atoms with Crippen LogP contribution in [0.2, 0.25) is 0 Å². The monoisotopic (exact) mass is 258 g/mol. The Hall–Kier alpha value is -1.14. The number of nitrogens with zero attached hydrogens (tertiary/aromatic N) is 1. The summed E-state index contributed by atoms with van der Waals surface area (Å²) in [7, 11) is 0. The van der Waals surface area contributed by atoms with E-state index in [1.807, 2.05) is 20.8 Å². The van der Waals surface area contributed by atoms with Crippen LogP contribution < -0.4 is 5.32 Å². The Morgan fingerprint density at radius 1 is 1.50 bits per heavy atom. The molecule has 1 unspecified atom stereocenters. The van der Waals surface area contributed by atoms with Gasteiger partial charge < -0.3 is 20.1 Å². The van der Waals surface area contributed by atoms with Gasteiger partial charge in [-0.3, -0.25) is 9.59 Å². The van der Waals surface area contributed by atoms with Crippen LogP contribution in [0.3, 0.4) is 0 Å². The minimum absolute atomic E-state index is 0.0705. The molecule has 1 atom stereocenters. The molecule has 0 aliphatic carbocycles. The van der Waals surface area contributed by atoms with Gasteiger partial charge in [-0.05, 0) is 20.4 Å². The second-order valence-corrected chi connectivity index (χ2v) is 4.98. The Morgan fingerprint density at radius 3 is 2.72 bits per heavy atom. The highest BCUT2D eigenvalue weighted by Crippen LogP contribution is 2.16. The van der Waals surface area contributed by atoms with Gasteiger partial charge in [0.25, 0.3) is 0 Å². The molecule has 1 aliphatic heterocycles. The molecule has 0 aromatic carbocycles. The van der Waals surface area contributed by atoms with Crippen molar-refractivity contribution < 1.29 is 19.4 Å². The van der Waals surface area contributed by atoms with Crippen LogP contribution in [-0.4, -0.2) is 59.8 Å². The van der Waals surface area contributed by atoms with Crippen LogP contribution >= 0.6 is 0 Å². The molecule has 0 radical (unpaired) electrons. The van der Waals surface area contributed by atoms with Gasteiger partial charge in [-0.15, -0.1) is 0 Å². The van der Waals surface area contributed by atoms with E-state index in [0.29, 0.717) is 26.3 Å². The largest absolute Gasteiger partial charge is 0.481 e. The van der Waals surface area contributed by atoms with Crippen LogP contribution in [-0.2, 0) is 14.3 Å². The van der Waals surface area contributed by atoms with Gasteiger partial charge in [0.05, 0.1) is 31.2 Å². The van der Waals surface area contributed by atoms with Gasteiger partial charge in [0.15, 0.2) is 0 Å². The van der Waals surface area contributed by atoms with E-state index >= 15 is 0 Å². The molecule has 1 aliphatic rings. The number of nitrogens with one attached hydrogen (secondary N) is 1. The first-order valence-corrected chi connectivity index (χ1v) is 6.24. The Labute approximate surface area is 107 Å². The second-order valence-electron chi connectivity index (χ2n) is 4.98. The third kappa shape index (κ3) is 3.68. The van der Waals surface area contributed by atoms with E-state index < -0.39 is 11.5 Å². The molecule has 0 bridgehead atoms. The zero-order chi connectivity index (χ0) is 13.8. The highest BCUT2D eigenvalue weighted by Gasteiger charge is 2.37. The van der Waals surface area contributed by atoms with Gasteiger partial charge in [0, 0.05) is 6.54 Å². The average Bonchev–Trinajstić information content (AvgIpc) is 2.28. The number of hydrogen-bond donors (Lipinski definition) is 2. The first kappa shape index (κ1) is 14.9. The highest BCUT2D eigenvalue weighted by atomic mass is 16.5. The van der Waals surface area contributed by atoms with Crippen LogP contribution in [0, 0.1) is 0 Å². The predicted octanol–water partition coefficient (Wildman–Crippen LogP) is 0.0766. The maximum atomic E-state index is 12.4. The summed E-state index contributed by atoms with van der Waals surface area (Å²) in [6.07, 6.45) is -0.0755. The summed E-state index contributed by atoms with van der Waals surface area (Å²) in [5.74, 6) is -0.983. The summed E-state index contributed by atoms with van der Waals surface area (Å²) in [6.45, 7) is 7.45. The van der Waals surface area contributed by atoms with Gasteiger partial charge in [0.2, 0.25) is 5.91 Å². The lowest BCUT2D eigenvalue weighted by Gasteiger charge is -2.39. The van der Waals surface area contributed by atoms with Gasteiger partial charge in [-0.1, -0.05) is 6.92 Å². The fourth-order valence-corrected chi connectivity index (χ4v) is 2.17. The van der Waals surface area contributed by atoms with E-state index in [9.17, 15) is 9.59 Å². The molecule has 1 heterocycles. The van der Waals surface area contributed by atoms with E-state index in [-0.39, 0.29) is 18.4 Å². The number of hydrogen-bond acceptors (Lipinski definition) is 4. The van der Waals surface area contributed by atoms with Gasteiger partial charge in [-0.25, -0.2) is 0 Å². The first-order chi connectivity index (χ1) is 8.38. The lowest BCUT2D eigenvalue weighted by atomic mass is 10.0. The molecule has 0 aromatic heterocycles. The normalized spacial score (nSPS) is 20.8. The van der Waals surface area contributed by atoms with Gasteiger partial charge in [-0.2, -0.15) is 0 Å². The molecule has 6 nitrogen and oxygen atoms in total. The van der Waals surface area contributed by atoms with Crippen LogP contribution in [0.4, 0.5) is 0 Å². The predicted molar refractivity (Wildman–Crippen MR) is 66.3 cm³/mol. The van der Waals surface area contributed by atoms with Crippen molar-refractivity contribution in [3.8, 4) is 0 Å². The molecule has 0 aromatic rings. The zero-order valence-corrected chi connectivity index (χ0v) is 11.2. The Kier molecular flexibility index (Phi) is 5.10. The molecular formula is C12H22N2O4. The fourth-order valence-electron chi connectivity index (χ4n) is 2.17. The topological polar surface area (TPSA) is 78.9 Å². The van der Waals surface area contributed by atoms with E-state index in [4.69, 9.17) is 9.84 Å². The lowest BCUT2D eigenvalue weighted by Crippen LogP contribution is -2.60.